The molecule has 0 spiro atoms. The Morgan fingerprint density at radius 2 is 1.29 bits per heavy atom. The lowest BCUT2D eigenvalue weighted by Crippen LogP contribution is -1.98. The third-order valence-corrected chi connectivity index (χ3v) is 0.781. The molecule has 0 radical (unpaired) electrons. The zero-order chi connectivity index (χ0) is 11.8. The van der Waals surface area contributed by atoms with Gasteiger partial charge < -0.3 is 10.2 Å². The minimum absolute atomic E-state index is 0.0632. The molecule has 0 fully saturated rings. The van der Waals surface area contributed by atoms with Gasteiger partial charge in [0.05, 0.1) is 0 Å². The SMILES string of the molecule is O=C(O)CCCC(=O)O.O=P(O)(O)F. The smallest absolute Gasteiger partial charge is 0.481 e. The highest BCUT2D eigenvalue weighted by molar-refractivity contribution is 7.45. The highest BCUT2D eigenvalue weighted by Crippen LogP contribution is 2.34. The molecule has 0 heterocycles. The van der Waals surface area contributed by atoms with E-state index in [2.05, 4.69) is 0 Å². The molecule has 0 aromatic heterocycles. The number of aliphatic carboxylic acids is 2. The summed E-state index contributed by atoms with van der Waals surface area (Å²) < 4.78 is 19.0. The van der Waals surface area contributed by atoms with Crippen molar-refractivity contribution in [1.29, 1.82) is 0 Å². The molecule has 0 aliphatic carbocycles. The number of rotatable bonds is 4. The predicted octanol–water partition coefficient (Wildman–Crippen LogP) is 0.375. The van der Waals surface area contributed by atoms with Crippen LogP contribution in [0.25, 0.3) is 0 Å². The minimum atomic E-state index is -5.14. The minimum Gasteiger partial charge on any atom is -0.481 e. The molecular formula is C5H10FO7P. The molecule has 4 N–H and O–H groups in total. The van der Waals surface area contributed by atoms with Crippen LogP contribution >= 0.6 is 7.91 Å². The quantitative estimate of drug-likeness (QED) is 0.514. The van der Waals surface area contributed by atoms with Gasteiger partial charge in [-0.05, 0) is 6.42 Å². The first-order valence-electron chi connectivity index (χ1n) is 3.31. The summed E-state index contributed by atoms with van der Waals surface area (Å²) in [7, 11) is -5.14. The van der Waals surface area contributed by atoms with Crippen molar-refractivity contribution in [2.75, 3.05) is 0 Å². The van der Waals surface area contributed by atoms with E-state index in [4.69, 9.17) is 24.6 Å². The van der Waals surface area contributed by atoms with Crippen LogP contribution in [0.1, 0.15) is 19.3 Å². The Morgan fingerprint density at radius 3 is 1.43 bits per heavy atom. The van der Waals surface area contributed by atoms with Gasteiger partial charge in [-0.25, -0.2) is 4.57 Å². The van der Waals surface area contributed by atoms with E-state index in [0.717, 1.165) is 0 Å². The Hall–Kier alpha value is -0.980. The van der Waals surface area contributed by atoms with E-state index in [1.54, 1.807) is 0 Å². The van der Waals surface area contributed by atoms with E-state index in [-0.39, 0.29) is 19.3 Å². The van der Waals surface area contributed by atoms with E-state index in [0.29, 0.717) is 0 Å². The molecule has 0 aliphatic heterocycles. The molecule has 0 amide bonds. The van der Waals surface area contributed by atoms with Crippen molar-refractivity contribution >= 4 is 19.8 Å². The summed E-state index contributed by atoms with van der Waals surface area (Å²) in [5, 5.41) is 16.1. The maximum atomic E-state index is 10.4. The van der Waals surface area contributed by atoms with Crippen molar-refractivity contribution in [3.8, 4) is 0 Å². The summed E-state index contributed by atoms with van der Waals surface area (Å²) in [5.41, 5.74) is 0. The van der Waals surface area contributed by atoms with Gasteiger partial charge in [-0.3, -0.25) is 19.4 Å². The first kappa shape index (κ1) is 15.5. The van der Waals surface area contributed by atoms with E-state index in [1.165, 1.54) is 0 Å². The van der Waals surface area contributed by atoms with Crippen LogP contribution in [0.2, 0.25) is 0 Å². The predicted molar refractivity (Wildman–Crippen MR) is 42.3 cm³/mol. The van der Waals surface area contributed by atoms with Gasteiger partial charge in [0.1, 0.15) is 0 Å². The van der Waals surface area contributed by atoms with Crippen LogP contribution in [-0.2, 0) is 14.2 Å². The Kier molecular flexibility index (Phi) is 8.22. The number of halogens is 1. The van der Waals surface area contributed by atoms with Crippen LogP contribution in [0.4, 0.5) is 4.20 Å². The normalized spacial score (nSPS) is 9.93. The van der Waals surface area contributed by atoms with Crippen LogP contribution in [0.5, 0.6) is 0 Å². The summed E-state index contributed by atoms with van der Waals surface area (Å²) in [6.45, 7) is 0. The van der Waals surface area contributed by atoms with E-state index in [1.807, 2.05) is 0 Å². The highest BCUT2D eigenvalue weighted by atomic mass is 31.2. The lowest BCUT2D eigenvalue weighted by molar-refractivity contribution is -0.138. The van der Waals surface area contributed by atoms with Gasteiger partial charge in [0.15, 0.2) is 0 Å². The van der Waals surface area contributed by atoms with Crippen LogP contribution in [0.3, 0.4) is 0 Å². The Balaban J connectivity index is 0. The van der Waals surface area contributed by atoms with E-state index < -0.39 is 19.8 Å². The molecule has 0 bridgehead atoms. The molecule has 14 heavy (non-hydrogen) atoms. The number of carboxylic acid groups (broad SMARTS) is 2. The van der Waals surface area contributed by atoms with E-state index >= 15 is 0 Å². The lowest BCUT2D eigenvalue weighted by Gasteiger charge is -1.89. The second-order valence-corrected chi connectivity index (χ2v) is 3.06. The van der Waals surface area contributed by atoms with Gasteiger partial charge in [-0.2, -0.15) is 0 Å². The van der Waals surface area contributed by atoms with Crippen LogP contribution in [-0.4, -0.2) is 31.9 Å². The van der Waals surface area contributed by atoms with Crippen LogP contribution in [0, 0.1) is 0 Å². The first-order chi connectivity index (χ1) is 6.13. The maximum Gasteiger partial charge on any atom is 0.507 e. The topological polar surface area (TPSA) is 132 Å². The van der Waals surface area contributed by atoms with Crippen molar-refractivity contribution in [3.63, 3.8) is 0 Å². The molecule has 84 valence electrons. The molecular weight excluding hydrogens is 222 g/mol. The Labute approximate surface area is 78.5 Å². The summed E-state index contributed by atoms with van der Waals surface area (Å²) in [6.07, 6.45) is 0.0866. The molecule has 0 rings (SSSR count). The van der Waals surface area contributed by atoms with E-state index in [9.17, 15) is 13.8 Å². The molecule has 0 atom stereocenters. The summed E-state index contributed by atoms with van der Waals surface area (Å²) in [5.74, 6) is -1.90. The van der Waals surface area contributed by atoms with Gasteiger partial charge in [0.2, 0.25) is 0 Å². The number of hydrogen-bond donors (Lipinski definition) is 4. The third-order valence-electron chi connectivity index (χ3n) is 0.781. The van der Waals surface area contributed by atoms with Gasteiger partial charge in [0.25, 0.3) is 0 Å². The van der Waals surface area contributed by atoms with Gasteiger partial charge >= 0.3 is 19.8 Å². The van der Waals surface area contributed by atoms with Crippen molar-refractivity contribution in [3.05, 3.63) is 0 Å². The zero-order valence-electron chi connectivity index (χ0n) is 6.96. The maximum absolute atomic E-state index is 10.4. The molecule has 0 saturated heterocycles. The molecule has 9 heteroatoms. The third kappa shape index (κ3) is 43.9. The first-order valence-corrected chi connectivity index (χ1v) is 4.82. The Morgan fingerprint density at radius 1 is 1.07 bits per heavy atom. The Bertz CT molecular complexity index is 212. The summed E-state index contributed by atoms with van der Waals surface area (Å²) >= 11 is 0. The second-order valence-electron chi connectivity index (χ2n) is 2.11. The van der Waals surface area contributed by atoms with Crippen molar-refractivity contribution in [2.24, 2.45) is 0 Å². The number of hydrogen-bond acceptors (Lipinski definition) is 3. The zero-order valence-corrected chi connectivity index (χ0v) is 7.85. The van der Waals surface area contributed by atoms with Crippen molar-refractivity contribution in [1.82, 2.24) is 0 Å². The van der Waals surface area contributed by atoms with Crippen LogP contribution in [0.15, 0.2) is 0 Å². The lowest BCUT2D eigenvalue weighted by atomic mass is 10.2. The van der Waals surface area contributed by atoms with Crippen molar-refractivity contribution < 1.29 is 38.4 Å². The standard InChI is InChI=1S/C5H8O4.FH2O3P/c6-4(7)2-1-3-5(8)9;1-5(2,3)4/h1-3H2,(H,6,7)(H,8,9);(H2,2,3,4). The fourth-order valence-corrected chi connectivity index (χ4v) is 0.391. The fourth-order valence-electron chi connectivity index (χ4n) is 0.391. The highest BCUT2D eigenvalue weighted by Gasteiger charge is 2.04. The van der Waals surface area contributed by atoms with Gasteiger partial charge in [0, 0.05) is 12.8 Å². The largest absolute Gasteiger partial charge is 0.507 e. The molecule has 0 saturated carbocycles. The van der Waals surface area contributed by atoms with Gasteiger partial charge in [-0.1, -0.05) is 0 Å². The fraction of sp³-hybridized carbons (Fsp3) is 0.600. The average Bonchev–Trinajstić information content (AvgIpc) is 1.80. The number of carboxylic acids is 2. The molecule has 7 nitrogen and oxygen atoms in total. The van der Waals surface area contributed by atoms with Crippen molar-refractivity contribution in [2.45, 2.75) is 19.3 Å². The molecule has 0 unspecified atom stereocenters. The van der Waals surface area contributed by atoms with Crippen LogP contribution < -0.4 is 0 Å². The average molecular weight is 232 g/mol. The number of carbonyl (C=O) groups is 2. The second kappa shape index (κ2) is 7.43. The molecule has 0 aliphatic rings. The molecule has 0 aromatic carbocycles. The van der Waals surface area contributed by atoms with Gasteiger partial charge in [-0.15, -0.1) is 4.20 Å². The molecule has 0 aromatic rings. The summed E-state index contributed by atoms with van der Waals surface area (Å²) in [6, 6.07) is 0. The monoisotopic (exact) mass is 232 g/mol. The summed E-state index contributed by atoms with van der Waals surface area (Å²) in [4.78, 5) is 33.5.